The highest BCUT2D eigenvalue weighted by atomic mass is 16.5. The van der Waals surface area contributed by atoms with Gasteiger partial charge >= 0.3 is 0 Å². The lowest BCUT2D eigenvalue weighted by molar-refractivity contribution is 0.101. The first kappa shape index (κ1) is 17.3. The number of carbonyl (C=O) groups is 1. The average molecular weight is 349 g/mol. The van der Waals surface area contributed by atoms with Crippen molar-refractivity contribution in [3.63, 3.8) is 0 Å². The lowest BCUT2D eigenvalue weighted by Crippen LogP contribution is -2.06. The van der Waals surface area contributed by atoms with Crippen LogP contribution in [0.15, 0.2) is 54.7 Å². The van der Waals surface area contributed by atoms with E-state index in [9.17, 15) is 4.79 Å². The summed E-state index contributed by atoms with van der Waals surface area (Å²) in [7, 11) is 1.64. The van der Waals surface area contributed by atoms with Crippen molar-refractivity contribution in [2.45, 2.75) is 13.5 Å². The zero-order chi connectivity index (χ0) is 18.4. The molecule has 0 fully saturated rings. The van der Waals surface area contributed by atoms with Gasteiger partial charge in [0.05, 0.1) is 13.3 Å². The van der Waals surface area contributed by atoms with Gasteiger partial charge in [-0.25, -0.2) is 0 Å². The molecule has 2 aromatic carbocycles. The molecule has 7 heteroatoms. The highest BCUT2D eigenvalue weighted by molar-refractivity contribution is 5.95. The zero-order valence-corrected chi connectivity index (χ0v) is 14.6. The highest BCUT2D eigenvalue weighted by Crippen LogP contribution is 2.17. The minimum atomic E-state index is 0.0105. The van der Waals surface area contributed by atoms with E-state index in [0.717, 1.165) is 17.0 Å². The first-order valence-corrected chi connectivity index (χ1v) is 8.08. The van der Waals surface area contributed by atoms with Crippen LogP contribution in [0.4, 0.5) is 17.5 Å². The molecule has 0 saturated carbocycles. The standard InChI is InChI=1S/C19H19N5O2/c1-13(25)15-4-3-5-16(10-15)22-18-12-21-24-19(23-18)20-11-14-6-8-17(26-2)9-7-14/h3-10,12H,11H2,1-2H3,(H2,20,22,23,24). The summed E-state index contributed by atoms with van der Waals surface area (Å²) < 4.78 is 5.14. The van der Waals surface area contributed by atoms with Crippen molar-refractivity contribution in [2.24, 2.45) is 0 Å². The second-order valence-electron chi connectivity index (χ2n) is 5.63. The van der Waals surface area contributed by atoms with Gasteiger partial charge in [0.1, 0.15) is 5.75 Å². The third-order valence-corrected chi connectivity index (χ3v) is 3.71. The number of nitrogens with zero attached hydrogens (tertiary/aromatic N) is 3. The Morgan fingerprint density at radius 2 is 1.96 bits per heavy atom. The molecular weight excluding hydrogens is 330 g/mol. The van der Waals surface area contributed by atoms with Crippen LogP contribution in [-0.4, -0.2) is 28.1 Å². The second kappa shape index (κ2) is 8.06. The van der Waals surface area contributed by atoms with Crippen molar-refractivity contribution in [1.82, 2.24) is 15.2 Å². The molecule has 0 spiro atoms. The molecule has 0 atom stereocenters. The molecule has 1 heterocycles. The summed E-state index contributed by atoms with van der Waals surface area (Å²) in [5, 5.41) is 14.2. The van der Waals surface area contributed by atoms with Crippen LogP contribution in [0.5, 0.6) is 5.75 Å². The Bertz CT molecular complexity index is 896. The quantitative estimate of drug-likeness (QED) is 0.632. The predicted octanol–water partition coefficient (Wildman–Crippen LogP) is 3.44. The molecule has 0 aliphatic heterocycles. The molecule has 0 radical (unpaired) electrons. The van der Waals surface area contributed by atoms with E-state index in [4.69, 9.17) is 4.74 Å². The van der Waals surface area contributed by atoms with Crippen molar-refractivity contribution in [3.05, 3.63) is 65.9 Å². The van der Waals surface area contributed by atoms with E-state index in [-0.39, 0.29) is 5.78 Å². The summed E-state index contributed by atoms with van der Waals surface area (Å²) in [6, 6.07) is 15.0. The van der Waals surface area contributed by atoms with Gasteiger partial charge in [-0.05, 0) is 36.8 Å². The third-order valence-electron chi connectivity index (χ3n) is 3.71. The fourth-order valence-corrected chi connectivity index (χ4v) is 2.33. The number of nitrogens with one attached hydrogen (secondary N) is 2. The lowest BCUT2D eigenvalue weighted by Gasteiger charge is -2.09. The van der Waals surface area contributed by atoms with E-state index in [2.05, 4.69) is 25.8 Å². The van der Waals surface area contributed by atoms with Gasteiger partial charge in [0.25, 0.3) is 0 Å². The molecule has 0 unspecified atom stereocenters. The average Bonchev–Trinajstić information content (AvgIpc) is 2.67. The predicted molar refractivity (Wildman–Crippen MR) is 99.9 cm³/mol. The molecule has 26 heavy (non-hydrogen) atoms. The van der Waals surface area contributed by atoms with E-state index < -0.39 is 0 Å². The van der Waals surface area contributed by atoms with E-state index in [0.29, 0.717) is 23.9 Å². The minimum absolute atomic E-state index is 0.0105. The van der Waals surface area contributed by atoms with E-state index in [1.54, 1.807) is 19.2 Å². The Kier molecular flexibility index (Phi) is 5.38. The Hall–Kier alpha value is -3.48. The van der Waals surface area contributed by atoms with Gasteiger partial charge in [-0.3, -0.25) is 4.79 Å². The van der Waals surface area contributed by atoms with Gasteiger partial charge in [-0.15, -0.1) is 5.10 Å². The molecule has 3 aromatic rings. The first-order valence-electron chi connectivity index (χ1n) is 8.08. The molecule has 0 bridgehead atoms. The number of hydrogen-bond acceptors (Lipinski definition) is 7. The van der Waals surface area contributed by atoms with Gasteiger partial charge in [0.2, 0.25) is 5.95 Å². The number of anilines is 3. The maximum atomic E-state index is 11.5. The summed E-state index contributed by atoms with van der Waals surface area (Å²) in [6.45, 7) is 2.10. The normalized spacial score (nSPS) is 10.2. The number of rotatable bonds is 7. The SMILES string of the molecule is COc1ccc(CNc2nncc(Nc3cccc(C(C)=O)c3)n2)cc1. The van der Waals surface area contributed by atoms with Gasteiger partial charge in [-0.2, -0.15) is 10.1 Å². The summed E-state index contributed by atoms with van der Waals surface area (Å²) in [5.41, 5.74) is 2.47. The fraction of sp³-hybridized carbons (Fsp3) is 0.158. The molecule has 0 aliphatic rings. The number of ether oxygens (including phenoxy) is 1. The van der Waals surface area contributed by atoms with E-state index >= 15 is 0 Å². The number of benzene rings is 2. The molecule has 0 aliphatic carbocycles. The fourth-order valence-electron chi connectivity index (χ4n) is 2.33. The number of ketones is 1. The molecule has 3 rings (SSSR count). The monoisotopic (exact) mass is 349 g/mol. The van der Waals surface area contributed by atoms with Crippen LogP contribution >= 0.6 is 0 Å². The van der Waals surface area contributed by atoms with Crippen LogP contribution in [0.1, 0.15) is 22.8 Å². The Morgan fingerprint density at radius 1 is 1.15 bits per heavy atom. The topological polar surface area (TPSA) is 89.0 Å². The maximum Gasteiger partial charge on any atom is 0.244 e. The molecule has 2 N–H and O–H groups in total. The van der Waals surface area contributed by atoms with Crippen LogP contribution < -0.4 is 15.4 Å². The highest BCUT2D eigenvalue weighted by Gasteiger charge is 2.04. The zero-order valence-electron chi connectivity index (χ0n) is 14.6. The van der Waals surface area contributed by atoms with Crippen molar-refractivity contribution < 1.29 is 9.53 Å². The van der Waals surface area contributed by atoms with Crippen LogP contribution in [0.25, 0.3) is 0 Å². The van der Waals surface area contributed by atoms with Crippen LogP contribution in [0, 0.1) is 0 Å². The van der Waals surface area contributed by atoms with Crippen LogP contribution in [0.3, 0.4) is 0 Å². The largest absolute Gasteiger partial charge is 0.497 e. The Balaban J connectivity index is 1.66. The van der Waals surface area contributed by atoms with Crippen molar-refractivity contribution >= 4 is 23.2 Å². The smallest absolute Gasteiger partial charge is 0.244 e. The number of carbonyl (C=O) groups excluding carboxylic acids is 1. The van der Waals surface area contributed by atoms with Gasteiger partial charge in [0, 0.05) is 17.8 Å². The van der Waals surface area contributed by atoms with E-state index in [1.165, 1.54) is 13.1 Å². The molecule has 1 aromatic heterocycles. The minimum Gasteiger partial charge on any atom is -0.497 e. The van der Waals surface area contributed by atoms with Gasteiger partial charge < -0.3 is 15.4 Å². The molecule has 7 nitrogen and oxygen atoms in total. The molecule has 132 valence electrons. The summed E-state index contributed by atoms with van der Waals surface area (Å²) in [5.74, 6) is 1.77. The second-order valence-corrected chi connectivity index (χ2v) is 5.63. The molecule has 0 saturated heterocycles. The van der Waals surface area contributed by atoms with Gasteiger partial charge in [0.15, 0.2) is 11.6 Å². The van der Waals surface area contributed by atoms with Gasteiger partial charge in [-0.1, -0.05) is 24.3 Å². The maximum absolute atomic E-state index is 11.5. The molecule has 0 amide bonds. The Morgan fingerprint density at radius 3 is 2.69 bits per heavy atom. The van der Waals surface area contributed by atoms with Crippen LogP contribution in [0.2, 0.25) is 0 Å². The Labute approximate surface area is 151 Å². The summed E-state index contributed by atoms with van der Waals surface area (Å²) in [6.07, 6.45) is 1.53. The van der Waals surface area contributed by atoms with Crippen molar-refractivity contribution in [1.29, 1.82) is 0 Å². The first-order chi connectivity index (χ1) is 12.6. The van der Waals surface area contributed by atoms with Crippen LogP contribution in [-0.2, 0) is 6.54 Å². The lowest BCUT2D eigenvalue weighted by atomic mass is 10.1. The van der Waals surface area contributed by atoms with Crippen molar-refractivity contribution in [2.75, 3.05) is 17.7 Å². The third kappa shape index (κ3) is 4.54. The van der Waals surface area contributed by atoms with E-state index in [1.807, 2.05) is 36.4 Å². The number of hydrogen-bond donors (Lipinski definition) is 2. The number of methoxy groups -OCH3 is 1. The van der Waals surface area contributed by atoms with Crippen molar-refractivity contribution in [3.8, 4) is 5.75 Å². The number of aromatic nitrogens is 3. The molecular formula is C19H19N5O2. The summed E-state index contributed by atoms with van der Waals surface area (Å²) in [4.78, 5) is 15.9. The number of Topliss-reactive ketones (excluding diaryl/α,β-unsaturated/α-hetero) is 1. The summed E-state index contributed by atoms with van der Waals surface area (Å²) >= 11 is 0.